The second-order valence-corrected chi connectivity index (χ2v) is 7.92. The van der Waals surface area contributed by atoms with Gasteiger partial charge in [-0.25, -0.2) is 4.31 Å². The molecule has 2 heterocycles. The first-order chi connectivity index (χ1) is 11.3. The van der Waals surface area contributed by atoms with Gasteiger partial charge in [-0.05, 0) is 75.2 Å². The van der Waals surface area contributed by atoms with E-state index < -0.39 is 0 Å². The SMILES string of the molecule is Nc1ccccc1SN1CCC(N2CCC(CCO)CC2)CC1. The Morgan fingerprint density at radius 2 is 1.74 bits per heavy atom. The summed E-state index contributed by atoms with van der Waals surface area (Å²) >= 11 is 1.81. The van der Waals surface area contributed by atoms with Crippen molar-refractivity contribution in [3.63, 3.8) is 0 Å². The molecular formula is C18H29N3OS. The van der Waals surface area contributed by atoms with E-state index in [-0.39, 0.29) is 0 Å². The summed E-state index contributed by atoms with van der Waals surface area (Å²) in [4.78, 5) is 3.86. The molecule has 4 nitrogen and oxygen atoms in total. The van der Waals surface area contributed by atoms with Gasteiger partial charge in [0, 0.05) is 36.3 Å². The number of aliphatic hydroxyl groups is 1. The highest BCUT2D eigenvalue weighted by atomic mass is 32.2. The fourth-order valence-electron chi connectivity index (χ4n) is 3.79. The van der Waals surface area contributed by atoms with Gasteiger partial charge in [-0.15, -0.1) is 0 Å². The summed E-state index contributed by atoms with van der Waals surface area (Å²) in [6.45, 7) is 5.06. The van der Waals surface area contributed by atoms with E-state index in [2.05, 4.69) is 21.3 Å². The van der Waals surface area contributed by atoms with Crippen LogP contribution < -0.4 is 5.73 Å². The third-order valence-corrected chi connectivity index (χ3v) is 6.46. The molecule has 0 aromatic heterocycles. The first-order valence-electron chi connectivity index (χ1n) is 8.88. The number of hydrogen-bond donors (Lipinski definition) is 2. The van der Waals surface area contributed by atoms with Crippen LogP contribution >= 0.6 is 11.9 Å². The first-order valence-corrected chi connectivity index (χ1v) is 9.66. The molecule has 0 unspecified atom stereocenters. The molecule has 3 rings (SSSR count). The predicted octanol–water partition coefficient (Wildman–Crippen LogP) is 2.83. The van der Waals surface area contributed by atoms with Gasteiger partial charge in [0.05, 0.1) is 0 Å². The molecule has 2 saturated heterocycles. The monoisotopic (exact) mass is 335 g/mol. The number of nitrogens with two attached hydrogens (primary N) is 1. The molecule has 5 heteroatoms. The van der Waals surface area contributed by atoms with Gasteiger partial charge in [0.25, 0.3) is 0 Å². The average molecular weight is 336 g/mol. The minimum absolute atomic E-state index is 0.350. The van der Waals surface area contributed by atoms with E-state index in [1.165, 1.54) is 43.7 Å². The molecule has 0 atom stereocenters. The fourth-order valence-corrected chi connectivity index (χ4v) is 4.78. The van der Waals surface area contributed by atoms with Crippen LogP contribution in [0.3, 0.4) is 0 Å². The lowest BCUT2D eigenvalue weighted by molar-refractivity contribution is 0.0910. The number of piperidine rings is 2. The number of hydrogen-bond acceptors (Lipinski definition) is 5. The Hall–Kier alpha value is -0.750. The van der Waals surface area contributed by atoms with Crippen LogP contribution in [0.25, 0.3) is 0 Å². The zero-order valence-corrected chi connectivity index (χ0v) is 14.7. The second kappa shape index (κ2) is 8.38. The maximum Gasteiger partial charge on any atom is 0.0465 e. The Kier molecular flexibility index (Phi) is 6.22. The third-order valence-electron chi connectivity index (χ3n) is 5.27. The lowest BCUT2D eigenvalue weighted by Gasteiger charge is -2.41. The summed E-state index contributed by atoms with van der Waals surface area (Å²) in [5.74, 6) is 0.743. The van der Waals surface area contributed by atoms with E-state index in [1.807, 2.05) is 24.1 Å². The molecule has 2 aliphatic heterocycles. The Balaban J connectivity index is 1.43. The van der Waals surface area contributed by atoms with Crippen LogP contribution in [0, 0.1) is 5.92 Å². The molecule has 1 aromatic rings. The maximum absolute atomic E-state index is 9.07. The molecule has 3 N–H and O–H groups in total. The first kappa shape index (κ1) is 17.1. The summed E-state index contributed by atoms with van der Waals surface area (Å²) in [6, 6.07) is 8.88. The van der Waals surface area contributed by atoms with Crippen molar-refractivity contribution in [2.75, 3.05) is 38.5 Å². The van der Waals surface area contributed by atoms with Gasteiger partial charge in [-0.3, -0.25) is 0 Å². The number of para-hydroxylation sites is 1. The van der Waals surface area contributed by atoms with Crippen LogP contribution in [0.2, 0.25) is 0 Å². The zero-order chi connectivity index (χ0) is 16.1. The Morgan fingerprint density at radius 3 is 2.39 bits per heavy atom. The van der Waals surface area contributed by atoms with Crippen molar-refractivity contribution in [2.45, 2.75) is 43.0 Å². The fraction of sp³-hybridized carbons (Fsp3) is 0.667. The molecule has 0 aliphatic carbocycles. The van der Waals surface area contributed by atoms with Crippen molar-refractivity contribution >= 4 is 17.6 Å². The van der Waals surface area contributed by atoms with Gasteiger partial charge < -0.3 is 15.7 Å². The quantitative estimate of drug-likeness (QED) is 0.640. The van der Waals surface area contributed by atoms with E-state index >= 15 is 0 Å². The lowest BCUT2D eigenvalue weighted by atomic mass is 9.92. The molecule has 128 valence electrons. The van der Waals surface area contributed by atoms with Crippen molar-refractivity contribution < 1.29 is 5.11 Å². The molecule has 0 spiro atoms. The summed E-state index contributed by atoms with van der Waals surface area (Å²) < 4.78 is 2.46. The predicted molar refractivity (Wildman–Crippen MR) is 97.3 cm³/mol. The van der Waals surface area contributed by atoms with Crippen LogP contribution in [0.5, 0.6) is 0 Å². The number of likely N-dealkylation sites (tertiary alicyclic amines) is 1. The largest absolute Gasteiger partial charge is 0.398 e. The lowest BCUT2D eigenvalue weighted by Crippen LogP contribution is -2.46. The normalized spacial score (nSPS) is 22.5. The number of benzene rings is 1. The molecule has 2 fully saturated rings. The third kappa shape index (κ3) is 4.63. The Bertz CT molecular complexity index is 483. The van der Waals surface area contributed by atoms with Crippen molar-refractivity contribution in [3.05, 3.63) is 24.3 Å². The standard InChI is InChI=1S/C18H29N3OS/c19-17-3-1-2-4-18(17)23-21-12-7-16(8-13-21)20-10-5-15(6-11-20)9-14-22/h1-4,15-16,22H,5-14,19H2. The topological polar surface area (TPSA) is 52.7 Å². The van der Waals surface area contributed by atoms with E-state index in [9.17, 15) is 0 Å². The van der Waals surface area contributed by atoms with Crippen LogP contribution in [0.4, 0.5) is 5.69 Å². The highest BCUT2D eigenvalue weighted by molar-refractivity contribution is 7.97. The van der Waals surface area contributed by atoms with Crippen molar-refractivity contribution in [3.8, 4) is 0 Å². The smallest absolute Gasteiger partial charge is 0.0465 e. The molecule has 0 bridgehead atoms. The molecule has 0 amide bonds. The van der Waals surface area contributed by atoms with Gasteiger partial charge in [0.1, 0.15) is 0 Å². The molecule has 2 aliphatic rings. The van der Waals surface area contributed by atoms with Crippen molar-refractivity contribution in [1.29, 1.82) is 0 Å². The zero-order valence-electron chi connectivity index (χ0n) is 13.9. The highest BCUT2D eigenvalue weighted by Crippen LogP contribution is 2.32. The summed E-state index contributed by atoms with van der Waals surface area (Å²) in [7, 11) is 0. The molecule has 23 heavy (non-hydrogen) atoms. The second-order valence-electron chi connectivity index (χ2n) is 6.78. The van der Waals surface area contributed by atoms with Crippen molar-refractivity contribution in [2.24, 2.45) is 5.92 Å². The maximum atomic E-state index is 9.07. The van der Waals surface area contributed by atoms with E-state index in [0.717, 1.165) is 37.2 Å². The minimum atomic E-state index is 0.350. The number of nitrogen functional groups attached to an aromatic ring is 1. The van der Waals surface area contributed by atoms with Crippen LogP contribution in [-0.2, 0) is 0 Å². The molecule has 1 aromatic carbocycles. The minimum Gasteiger partial charge on any atom is -0.398 e. The molecule has 0 radical (unpaired) electrons. The van der Waals surface area contributed by atoms with Gasteiger partial charge in [-0.2, -0.15) is 0 Å². The van der Waals surface area contributed by atoms with Crippen molar-refractivity contribution in [1.82, 2.24) is 9.21 Å². The highest BCUT2D eigenvalue weighted by Gasteiger charge is 2.28. The summed E-state index contributed by atoms with van der Waals surface area (Å²) in [5, 5.41) is 9.07. The number of anilines is 1. The van der Waals surface area contributed by atoms with E-state index in [1.54, 1.807) is 0 Å². The van der Waals surface area contributed by atoms with Gasteiger partial charge in [0.15, 0.2) is 0 Å². The van der Waals surface area contributed by atoms with Crippen LogP contribution in [0.1, 0.15) is 32.1 Å². The van der Waals surface area contributed by atoms with E-state index in [0.29, 0.717) is 6.61 Å². The average Bonchev–Trinajstić information content (AvgIpc) is 2.59. The molecule has 0 saturated carbocycles. The van der Waals surface area contributed by atoms with Crippen LogP contribution in [0.15, 0.2) is 29.2 Å². The summed E-state index contributed by atoms with van der Waals surface area (Å²) in [5.41, 5.74) is 6.93. The van der Waals surface area contributed by atoms with Gasteiger partial charge >= 0.3 is 0 Å². The van der Waals surface area contributed by atoms with E-state index in [4.69, 9.17) is 10.8 Å². The Labute approximate surface area is 144 Å². The Morgan fingerprint density at radius 1 is 1.04 bits per heavy atom. The number of aliphatic hydroxyl groups excluding tert-OH is 1. The summed E-state index contributed by atoms with van der Waals surface area (Å²) in [6.07, 6.45) is 6.02. The van der Waals surface area contributed by atoms with Gasteiger partial charge in [0.2, 0.25) is 0 Å². The molecular weight excluding hydrogens is 306 g/mol. The van der Waals surface area contributed by atoms with Crippen LogP contribution in [-0.4, -0.2) is 53.1 Å². The number of rotatable bonds is 5. The number of nitrogens with zero attached hydrogens (tertiary/aromatic N) is 2. The van der Waals surface area contributed by atoms with Gasteiger partial charge in [-0.1, -0.05) is 12.1 Å².